The van der Waals surface area contributed by atoms with E-state index in [0.717, 1.165) is 0 Å². The summed E-state index contributed by atoms with van der Waals surface area (Å²) >= 11 is 0. The molecule has 1 saturated heterocycles. The molecule has 3 heterocycles. The van der Waals surface area contributed by atoms with Crippen LogP contribution in [0.2, 0.25) is 0 Å². The van der Waals surface area contributed by atoms with Gasteiger partial charge in [0.15, 0.2) is 0 Å². The standard InChI is InChI=1S/C17H21N5O5/c23-14-10-27-11-15(24)22-7-5-19-17(26)13-3-1-2-12(20-13)16(25)18-4-6-21(14)8-9-22/h1-3H,4-11H2,(H,18,25)(H,19,26). The van der Waals surface area contributed by atoms with Crippen molar-refractivity contribution in [2.75, 3.05) is 52.5 Å². The fourth-order valence-electron chi connectivity index (χ4n) is 2.85. The molecule has 2 aliphatic heterocycles. The first-order chi connectivity index (χ1) is 13.0. The third-order valence-corrected chi connectivity index (χ3v) is 4.35. The van der Waals surface area contributed by atoms with Crippen molar-refractivity contribution in [3.05, 3.63) is 29.6 Å². The fourth-order valence-corrected chi connectivity index (χ4v) is 2.85. The van der Waals surface area contributed by atoms with Crippen LogP contribution >= 0.6 is 0 Å². The zero-order valence-corrected chi connectivity index (χ0v) is 14.8. The molecule has 0 spiro atoms. The number of carbonyl (C=O) groups excluding carboxylic acids is 4. The van der Waals surface area contributed by atoms with E-state index >= 15 is 0 Å². The first-order valence-corrected chi connectivity index (χ1v) is 8.71. The van der Waals surface area contributed by atoms with E-state index in [4.69, 9.17) is 4.74 Å². The van der Waals surface area contributed by atoms with Gasteiger partial charge in [-0.3, -0.25) is 19.2 Å². The Labute approximate surface area is 155 Å². The number of hydrogen-bond acceptors (Lipinski definition) is 6. The average Bonchev–Trinajstić information content (AvgIpc) is 2.72. The Balaban J connectivity index is 1.82. The van der Waals surface area contributed by atoms with Crippen LogP contribution in [0.4, 0.5) is 0 Å². The second kappa shape index (κ2) is 8.58. The zero-order valence-electron chi connectivity index (χ0n) is 14.8. The topological polar surface area (TPSA) is 121 Å². The maximum Gasteiger partial charge on any atom is 0.269 e. The molecule has 2 aliphatic rings. The molecular formula is C17H21N5O5. The van der Waals surface area contributed by atoms with E-state index in [-0.39, 0.29) is 62.6 Å². The smallest absolute Gasteiger partial charge is 0.269 e. The van der Waals surface area contributed by atoms with Crippen molar-refractivity contribution in [1.29, 1.82) is 0 Å². The molecular weight excluding hydrogens is 354 g/mol. The number of nitrogens with zero attached hydrogens (tertiary/aromatic N) is 3. The Hall–Kier alpha value is -3.01. The molecule has 2 N–H and O–H groups in total. The zero-order chi connectivity index (χ0) is 19.2. The number of carbonyl (C=O) groups is 4. The second-order valence-electron chi connectivity index (χ2n) is 6.17. The first-order valence-electron chi connectivity index (χ1n) is 8.71. The molecule has 0 radical (unpaired) electrons. The Morgan fingerprint density at radius 1 is 0.778 bits per heavy atom. The highest BCUT2D eigenvalue weighted by Crippen LogP contribution is 2.03. The maximum atomic E-state index is 12.2. The molecule has 0 atom stereocenters. The Bertz CT molecular complexity index is 696. The molecule has 4 bridgehead atoms. The minimum atomic E-state index is -0.427. The van der Waals surface area contributed by atoms with Crippen molar-refractivity contribution in [3.8, 4) is 0 Å². The van der Waals surface area contributed by atoms with Crippen LogP contribution in [0.25, 0.3) is 0 Å². The number of hydrogen-bond donors (Lipinski definition) is 2. The van der Waals surface area contributed by atoms with Crippen molar-refractivity contribution in [3.63, 3.8) is 0 Å². The van der Waals surface area contributed by atoms with Gasteiger partial charge in [-0.15, -0.1) is 0 Å². The normalized spacial score (nSPS) is 20.0. The molecule has 10 nitrogen and oxygen atoms in total. The van der Waals surface area contributed by atoms with E-state index in [2.05, 4.69) is 15.6 Å². The summed E-state index contributed by atoms with van der Waals surface area (Å²) in [6, 6.07) is 4.61. The quantitative estimate of drug-likeness (QED) is 0.554. The molecule has 3 rings (SSSR count). The van der Waals surface area contributed by atoms with Gasteiger partial charge < -0.3 is 25.2 Å². The van der Waals surface area contributed by atoms with Crippen molar-refractivity contribution in [1.82, 2.24) is 25.4 Å². The number of ether oxygens (including phenoxy) is 1. The lowest BCUT2D eigenvalue weighted by Crippen LogP contribution is -2.45. The molecule has 1 aromatic heterocycles. The van der Waals surface area contributed by atoms with E-state index in [1.165, 1.54) is 12.1 Å². The number of pyridine rings is 1. The number of aromatic nitrogens is 1. The number of amides is 4. The van der Waals surface area contributed by atoms with Crippen LogP contribution in [-0.4, -0.2) is 90.9 Å². The third-order valence-electron chi connectivity index (χ3n) is 4.35. The summed E-state index contributed by atoms with van der Waals surface area (Å²) < 4.78 is 5.19. The van der Waals surface area contributed by atoms with Gasteiger partial charge in [-0.25, -0.2) is 4.98 Å². The highest BCUT2D eigenvalue weighted by molar-refractivity contribution is 5.96. The summed E-state index contributed by atoms with van der Waals surface area (Å²) in [5, 5.41) is 5.38. The van der Waals surface area contributed by atoms with Gasteiger partial charge in [0.25, 0.3) is 11.8 Å². The second-order valence-corrected chi connectivity index (χ2v) is 6.17. The third kappa shape index (κ3) is 4.79. The highest BCUT2D eigenvalue weighted by Gasteiger charge is 2.22. The number of nitrogens with one attached hydrogen (secondary N) is 2. The monoisotopic (exact) mass is 375 g/mol. The van der Waals surface area contributed by atoms with Gasteiger partial charge in [0.1, 0.15) is 24.6 Å². The lowest BCUT2D eigenvalue weighted by Gasteiger charge is -2.26. The summed E-state index contributed by atoms with van der Waals surface area (Å²) in [5.41, 5.74) is 0.244. The molecule has 27 heavy (non-hydrogen) atoms. The largest absolute Gasteiger partial charge is 0.362 e. The number of fused-ring (bicyclic) bond motifs is 5. The molecule has 1 aromatic rings. The van der Waals surface area contributed by atoms with Gasteiger partial charge in [0.05, 0.1) is 0 Å². The summed E-state index contributed by atoms with van der Waals surface area (Å²) in [5.74, 6) is -1.33. The van der Waals surface area contributed by atoms with E-state index in [1.54, 1.807) is 15.9 Å². The molecule has 0 aliphatic carbocycles. The van der Waals surface area contributed by atoms with Gasteiger partial charge in [-0.1, -0.05) is 6.07 Å². The van der Waals surface area contributed by atoms with Crippen molar-refractivity contribution in [2.45, 2.75) is 0 Å². The average molecular weight is 375 g/mol. The van der Waals surface area contributed by atoms with Crippen LogP contribution in [0.5, 0.6) is 0 Å². The highest BCUT2D eigenvalue weighted by atomic mass is 16.5. The molecule has 144 valence electrons. The molecule has 0 unspecified atom stereocenters. The van der Waals surface area contributed by atoms with Gasteiger partial charge in [0, 0.05) is 39.3 Å². The molecule has 4 amide bonds. The minimum absolute atomic E-state index is 0.122. The van der Waals surface area contributed by atoms with E-state index in [1.807, 2.05) is 0 Å². The van der Waals surface area contributed by atoms with Crippen LogP contribution in [0.1, 0.15) is 21.0 Å². The van der Waals surface area contributed by atoms with E-state index in [9.17, 15) is 19.2 Å². The maximum absolute atomic E-state index is 12.2. The summed E-state index contributed by atoms with van der Waals surface area (Å²) in [7, 11) is 0. The van der Waals surface area contributed by atoms with Crippen LogP contribution in [0.15, 0.2) is 18.2 Å². The minimum Gasteiger partial charge on any atom is -0.362 e. The van der Waals surface area contributed by atoms with Gasteiger partial charge in [0.2, 0.25) is 11.8 Å². The summed E-state index contributed by atoms with van der Waals surface area (Å²) in [6.45, 7) is 1.28. The van der Waals surface area contributed by atoms with Crippen molar-refractivity contribution in [2.24, 2.45) is 0 Å². The lowest BCUT2D eigenvalue weighted by molar-refractivity contribution is -0.138. The van der Waals surface area contributed by atoms with E-state index in [0.29, 0.717) is 13.1 Å². The summed E-state index contributed by atoms with van der Waals surface area (Å²) in [4.78, 5) is 56.1. The van der Waals surface area contributed by atoms with Crippen LogP contribution < -0.4 is 10.6 Å². The van der Waals surface area contributed by atoms with Gasteiger partial charge in [-0.2, -0.15) is 0 Å². The van der Waals surface area contributed by atoms with Crippen molar-refractivity contribution < 1.29 is 23.9 Å². The van der Waals surface area contributed by atoms with E-state index < -0.39 is 11.8 Å². The fraction of sp³-hybridized carbons (Fsp3) is 0.471. The SMILES string of the molecule is O=C1NCCN2CCN(CCNC(=O)c3cccc1n3)C(=O)COCC2=O. The molecule has 10 heteroatoms. The van der Waals surface area contributed by atoms with Crippen molar-refractivity contribution >= 4 is 23.6 Å². The predicted molar refractivity (Wildman–Crippen MR) is 92.9 cm³/mol. The Morgan fingerprint density at radius 2 is 1.26 bits per heavy atom. The van der Waals surface area contributed by atoms with Gasteiger partial charge in [-0.05, 0) is 12.1 Å². The summed E-state index contributed by atoms with van der Waals surface area (Å²) in [6.07, 6.45) is 0. The predicted octanol–water partition coefficient (Wildman–Crippen LogP) is -1.76. The Kier molecular flexibility index (Phi) is 5.97. The van der Waals surface area contributed by atoms with Crippen LogP contribution in [0.3, 0.4) is 0 Å². The molecule has 1 fully saturated rings. The molecule has 0 aromatic carbocycles. The first kappa shape index (κ1) is 18.8. The van der Waals surface area contributed by atoms with Crippen LogP contribution in [-0.2, 0) is 14.3 Å². The van der Waals surface area contributed by atoms with Crippen LogP contribution in [0, 0.1) is 0 Å². The Morgan fingerprint density at radius 3 is 1.74 bits per heavy atom. The lowest BCUT2D eigenvalue weighted by atomic mass is 10.2. The van der Waals surface area contributed by atoms with Gasteiger partial charge >= 0.3 is 0 Å². The number of rotatable bonds is 0. The molecule has 0 saturated carbocycles.